The monoisotopic (exact) mass is 281 g/mol. The van der Waals surface area contributed by atoms with Crippen molar-refractivity contribution in [3.05, 3.63) is 23.8 Å². The highest BCUT2D eigenvalue weighted by molar-refractivity contribution is 5.96. The topological polar surface area (TPSA) is 84.9 Å². The highest BCUT2D eigenvalue weighted by atomic mass is 16.5. The molecule has 0 aromatic heterocycles. The summed E-state index contributed by atoms with van der Waals surface area (Å²) in [6, 6.07) is 5.48. The summed E-state index contributed by atoms with van der Waals surface area (Å²) in [6.07, 6.45) is 0.582. The van der Waals surface area contributed by atoms with Crippen molar-refractivity contribution in [1.29, 1.82) is 0 Å². The molecular formula is C14H19NO5. The molecule has 1 aromatic rings. The van der Waals surface area contributed by atoms with Gasteiger partial charge in [0.15, 0.2) is 11.5 Å². The lowest BCUT2D eigenvalue weighted by Gasteiger charge is -2.11. The molecule has 20 heavy (non-hydrogen) atoms. The standard InChI is InChI=1S/C14H19NO5/c1-9(14(17)18)13(16)15-7-6-10-4-5-11(19-2)12(8-10)20-3/h4-5,8-9H,6-7H2,1-3H3,(H,15,16)(H,17,18). The highest BCUT2D eigenvalue weighted by Crippen LogP contribution is 2.27. The van der Waals surface area contributed by atoms with Crippen LogP contribution in [0.1, 0.15) is 12.5 Å². The van der Waals surface area contributed by atoms with E-state index in [1.165, 1.54) is 6.92 Å². The number of ether oxygens (including phenoxy) is 2. The van der Waals surface area contributed by atoms with Crippen LogP contribution in [0.3, 0.4) is 0 Å². The van der Waals surface area contributed by atoms with Crippen molar-refractivity contribution < 1.29 is 24.2 Å². The van der Waals surface area contributed by atoms with Gasteiger partial charge in [0.05, 0.1) is 14.2 Å². The first kappa shape index (κ1) is 15.8. The zero-order valence-corrected chi connectivity index (χ0v) is 11.8. The van der Waals surface area contributed by atoms with Crippen molar-refractivity contribution >= 4 is 11.9 Å². The summed E-state index contributed by atoms with van der Waals surface area (Å²) in [6.45, 7) is 1.72. The molecule has 1 atom stereocenters. The van der Waals surface area contributed by atoms with Gasteiger partial charge in [-0.05, 0) is 31.0 Å². The number of methoxy groups -OCH3 is 2. The predicted octanol–water partition coefficient (Wildman–Crippen LogP) is 1.08. The molecular weight excluding hydrogens is 262 g/mol. The van der Waals surface area contributed by atoms with Crippen LogP contribution in [-0.4, -0.2) is 37.7 Å². The van der Waals surface area contributed by atoms with Crippen LogP contribution in [0, 0.1) is 5.92 Å². The van der Waals surface area contributed by atoms with Crippen molar-refractivity contribution in [2.75, 3.05) is 20.8 Å². The molecule has 0 aliphatic carbocycles. The summed E-state index contributed by atoms with van der Waals surface area (Å²) < 4.78 is 10.3. The molecule has 0 spiro atoms. The molecule has 2 N–H and O–H groups in total. The Bertz CT molecular complexity index is 486. The zero-order chi connectivity index (χ0) is 15.1. The Kier molecular flexibility index (Phi) is 5.83. The van der Waals surface area contributed by atoms with Crippen LogP contribution < -0.4 is 14.8 Å². The van der Waals surface area contributed by atoms with Crippen molar-refractivity contribution in [2.24, 2.45) is 5.92 Å². The van der Waals surface area contributed by atoms with E-state index in [9.17, 15) is 9.59 Å². The quantitative estimate of drug-likeness (QED) is 0.731. The van der Waals surface area contributed by atoms with E-state index in [1.807, 2.05) is 12.1 Å². The lowest BCUT2D eigenvalue weighted by molar-refractivity contribution is -0.146. The van der Waals surface area contributed by atoms with Gasteiger partial charge in [-0.2, -0.15) is 0 Å². The third-order valence-electron chi connectivity index (χ3n) is 2.92. The van der Waals surface area contributed by atoms with Crippen molar-refractivity contribution in [2.45, 2.75) is 13.3 Å². The van der Waals surface area contributed by atoms with Crippen LogP contribution in [0.15, 0.2) is 18.2 Å². The second-order valence-electron chi connectivity index (χ2n) is 4.29. The van der Waals surface area contributed by atoms with Crippen LogP contribution >= 0.6 is 0 Å². The maximum absolute atomic E-state index is 11.5. The Morgan fingerprint density at radius 1 is 1.25 bits per heavy atom. The fourth-order valence-corrected chi connectivity index (χ4v) is 1.63. The summed E-state index contributed by atoms with van der Waals surface area (Å²) in [5, 5.41) is 11.3. The van der Waals surface area contributed by atoms with Crippen molar-refractivity contribution in [3.8, 4) is 11.5 Å². The molecule has 0 aliphatic rings. The van der Waals surface area contributed by atoms with Gasteiger partial charge in [0, 0.05) is 6.54 Å². The first-order valence-corrected chi connectivity index (χ1v) is 6.21. The third-order valence-corrected chi connectivity index (χ3v) is 2.92. The summed E-state index contributed by atoms with van der Waals surface area (Å²) in [4.78, 5) is 22.1. The van der Waals surface area contributed by atoms with Crippen LogP contribution in [0.4, 0.5) is 0 Å². The van der Waals surface area contributed by atoms with Gasteiger partial charge >= 0.3 is 5.97 Å². The number of carboxylic acid groups (broad SMARTS) is 1. The summed E-state index contributed by atoms with van der Waals surface area (Å²) >= 11 is 0. The average molecular weight is 281 g/mol. The van der Waals surface area contributed by atoms with E-state index < -0.39 is 17.8 Å². The first-order valence-electron chi connectivity index (χ1n) is 6.21. The molecule has 1 aromatic carbocycles. The van der Waals surface area contributed by atoms with Crippen LogP contribution in [0.25, 0.3) is 0 Å². The molecule has 0 radical (unpaired) electrons. The molecule has 1 unspecified atom stereocenters. The van der Waals surface area contributed by atoms with Gasteiger partial charge in [0.1, 0.15) is 5.92 Å². The molecule has 0 aliphatic heterocycles. The SMILES string of the molecule is COc1ccc(CCNC(=O)C(C)C(=O)O)cc1OC. The molecule has 0 saturated carbocycles. The Labute approximate surface area is 117 Å². The number of hydrogen-bond donors (Lipinski definition) is 2. The number of benzene rings is 1. The number of amides is 1. The molecule has 6 heteroatoms. The molecule has 1 amide bonds. The number of aliphatic carboxylic acids is 1. The average Bonchev–Trinajstić information content (AvgIpc) is 2.45. The van der Waals surface area contributed by atoms with Gasteiger partial charge in [0.2, 0.25) is 5.91 Å². The second-order valence-corrected chi connectivity index (χ2v) is 4.29. The fourth-order valence-electron chi connectivity index (χ4n) is 1.63. The Hall–Kier alpha value is -2.24. The van der Waals surface area contributed by atoms with E-state index in [-0.39, 0.29) is 0 Å². The van der Waals surface area contributed by atoms with E-state index in [0.717, 1.165) is 5.56 Å². The van der Waals surface area contributed by atoms with Gasteiger partial charge in [-0.3, -0.25) is 9.59 Å². The number of carboxylic acids is 1. The number of hydrogen-bond acceptors (Lipinski definition) is 4. The smallest absolute Gasteiger partial charge is 0.315 e. The zero-order valence-electron chi connectivity index (χ0n) is 11.8. The maximum atomic E-state index is 11.5. The first-order chi connectivity index (χ1) is 9.49. The predicted molar refractivity (Wildman–Crippen MR) is 73.1 cm³/mol. The number of carbonyl (C=O) groups excluding carboxylic acids is 1. The maximum Gasteiger partial charge on any atom is 0.315 e. The molecule has 0 heterocycles. The van der Waals surface area contributed by atoms with Gasteiger partial charge in [-0.25, -0.2) is 0 Å². The normalized spacial score (nSPS) is 11.6. The molecule has 0 saturated heterocycles. The lowest BCUT2D eigenvalue weighted by Crippen LogP contribution is -2.34. The van der Waals surface area contributed by atoms with Crippen LogP contribution in [0.2, 0.25) is 0 Å². The van der Waals surface area contributed by atoms with Crippen LogP contribution in [-0.2, 0) is 16.0 Å². The minimum absolute atomic E-state index is 0.367. The van der Waals surface area contributed by atoms with E-state index in [4.69, 9.17) is 14.6 Å². The lowest BCUT2D eigenvalue weighted by atomic mass is 10.1. The van der Waals surface area contributed by atoms with Gasteiger partial charge in [-0.1, -0.05) is 6.07 Å². The third kappa shape index (κ3) is 4.15. The van der Waals surface area contributed by atoms with Crippen molar-refractivity contribution in [3.63, 3.8) is 0 Å². The number of carbonyl (C=O) groups is 2. The van der Waals surface area contributed by atoms with Gasteiger partial charge in [-0.15, -0.1) is 0 Å². The van der Waals surface area contributed by atoms with Gasteiger partial charge in [0.25, 0.3) is 0 Å². The summed E-state index contributed by atoms with van der Waals surface area (Å²) in [5.41, 5.74) is 0.964. The van der Waals surface area contributed by atoms with Crippen LogP contribution in [0.5, 0.6) is 11.5 Å². The van der Waals surface area contributed by atoms with Crippen molar-refractivity contribution in [1.82, 2.24) is 5.32 Å². The molecule has 0 fully saturated rings. The minimum Gasteiger partial charge on any atom is -0.493 e. The van der Waals surface area contributed by atoms with E-state index in [1.54, 1.807) is 20.3 Å². The van der Waals surface area contributed by atoms with E-state index in [0.29, 0.717) is 24.5 Å². The minimum atomic E-state index is -1.13. The molecule has 0 bridgehead atoms. The van der Waals surface area contributed by atoms with E-state index in [2.05, 4.69) is 5.32 Å². The molecule has 110 valence electrons. The summed E-state index contributed by atoms with van der Waals surface area (Å²) in [7, 11) is 3.11. The molecule has 1 rings (SSSR count). The second kappa shape index (κ2) is 7.37. The Morgan fingerprint density at radius 3 is 2.45 bits per heavy atom. The van der Waals surface area contributed by atoms with E-state index >= 15 is 0 Å². The molecule has 6 nitrogen and oxygen atoms in total. The number of rotatable bonds is 7. The Morgan fingerprint density at radius 2 is 1.90 bits per heavy atom. The summed E-state index contributed by atoms with van der Waals surface area (Å²) in [5.74, 6) is -1.40. The highest BCUT2D eigenvalue weighted by Gasteiger charge is 2.19. The number of nitrogens with one attached hydrogen (secondary N) is 1. The fraction of sp³-hybridized carbons (Fsp3) is 0.429. The largest absolute Gasteiger partial charge is 0.493 e. The van der Waals surface area contributed by atoms with Gasteiger partial charge < -0.3 is 19.9 Å². The Balaban J connectivity index is 2.54.